The Labute approximate surface area is 147 Å². The van der Waals surface area contributed by atoms with E-state index >= 15 is 0 Å². The number of anilines is 2. The van der Waals surface area contributed by atoms with Crippen LogP contribution in [0.15, 0.2) is 42.5 Å². The lowest BCUT2D eigenvalue weighted by atomic mass is 10.1. The maximum atomic E-state index is 12.2. The summed E-state index contributed by atoms with van der Waals surface area (Å²) in [5.74, 6) is -0.254. The molecule has 0 atom stereocenters. The molecule has 2 aromatic carbocycles. The summed E-state index contributed by atoms with van der Waals surface area (Å²) in [5, 5.41) is 3.41. The van der Waals surface area contributed by atoms with Gasteiger partial charge in [0.1, 0.15) is 0 Å². The van der Waals surface area contributed by atoms with Gasteiger partial charge in [-0.15, -0.1) is 0 Å². The van der Waals surface area contributed by atoms with Crippen LogP contribution in [0.3, 0.4) is 0 Å². The minimum atomic E-state index is -0.133. The Morgan fingerprint density at radius 3 is 2.54 bits per heavy atom. The third-order valence-electron chi connectivity index (χ3n) is 3.71. The minimum absolute atomic E-state index is 0.122. The second-order valence-corrected chi connectivity index (χ2v) is 6.21. The van der Waals surface area contributed by atoms with Crippen LogP contribution in [-0.4, -0.2) is 18.4 Å². The van der Waals surface area contributed by atoms with Crippen LogP contribution in [0, 0.1) is 13.8 Å². The van der Waals surface area contributed by atoms with Crippen LogP contribution >= 0.6 is 11.6 Å². The Hall–Kier alpha value is -2.33. The summed E-state index contributed by atoms with van der Waals surface area (Å²) in [6, 6.07) is 13.0. The number of benzene rings is 2. The molecule has 0 aliphatic carbocycles. The Kier molecular flexibility index (Phi) is 5.99. The van der Waals surface area contributed by atoms with E-state index in [2.05, 4.69) is 5.32 Å². The molecule has 1 N–H and O–H groups in total. The second kappa shape index (κ2) is 7.97. The first-order valence-corrected chi connectivity index (χ1v) is 8.15. The number of nitrogens with zero attached hydrogens (tertiary/aromatic N) is 1. The first-order valence-electron chi connectivity index (χ1n) is 7.77. The highest BCUT2D eigenvalue weighted by molar-refractivity contribution is 6.31. The van der Waals surface area contributed by atoms with E-state index in [1.165, 1.54) is 6.92 Å². The van der Waals surface area contributed by atoms with Crippen molar-refractivity contribution in [1.82, 2.24) is 0 Å². The number of hydrogen-bond acceptors (Lipinski definition) is 2. The average molecular weight is 345 g/mol. The predicted molar refractivity (Wildman–Crippen MR) is 98.6 cm³/mol. The summed E-state index contributed by atoms with van der Waals surface area (Å²) in [6.45, 7) is 5.66. The van der Waals surface area contributed by atoms with Gasteiger partial charge in [-0.1, -0.05) is 29.8 Å². The van der Waals surface area contributed by atoms with E-state index in [1.54, 1.807) is 17.0 Å². The molecule has 2 aromatic rings. The number of carbonyl (C=O) groups excluding carboxylic acids is 2. The first-order chi connectivity index (χ1) is 11.4. The first kappa shape index (κ1) is 18.0. The van der Waals surface area contributed by atoms with Crippen molar-refractivity contribution < 1.29 is 9.59 Å². The van der Waals surface area contributed by atoms with E-state index < -0.39 is 0 Å². The van der Waals surface area contributed by atoms with Crippen molar-refractivity contribution in [3.05, 3.63) is 58.6 Å². The molecule has 0 bridgehead atoms. The quantitative estimate of drug-likeness (QED) is 0.877. The smallest absolute Gasteiger partial charge is 0.226 e. The topological polar surface area (TPSA) is 49.4 Å². The van der Waals surface area contributed by atoms with Crippen molar-refractivity contribution in [1.29, 1.82) is 0 Å². The number of hydrogen-bond donors (Lipinski definition) is 1. The maximum Gasteiger partial charge on any atom is 0.226 e. The lowest BCUT2D eigenvalue weighted by molar-refractivity contribution is -0.117. The largest absolute Gasteiger partial charge is 0.326 e. The van der Waals surface area contributed by atoms with E-state index in [9.17, 15) is 9.59 Å². The zero-order valence-electron chi connectivity index (χ0n) is 14.1. The zero-order chi connectivity index (χ0) is 17.7. The highest BCUT2D eigenvalue weighted by Crippen LogP contribution is 2.24. The van der Waals surface area contributed by atoms with Gasteiger partial charge in [0.25, 0.3) is 0 Å². The van der Waals surface area contributed by atoms with Gasteiger partial charge in [-0.05, 0) is 49.2 Å². The van der Waals surface area contributed by atoms with Crippen molar-refractivity contribution in [2.24, 2.45) is 0 Å². The van der Waals surface area contributed by atoms with Crippen LogP contribution in [0.5, 0.6) is 0 Å². The summed E-state index contributed by atoms with van der Waals surface area (Å²) in [5.41, 5.74) is 3.51. The molecule has 0 aromatic heterocycles. The molecule has 126 valence electrons. The molecular formula is C19H21ClN2O2. The number of aryl methyl sites for hydroxylation is 2. The SMILES string of the molecule is CC(=O)N(CCC(=O)Nc1cccc(C)c1)c1cc(Cl)ccc1C. The molecule has 0 aliphatic heterocycles. The van der Waals surface area contributed by atoms with Gasteiger partial charge in [-0.25, -0.2) is 0 Å². The van der Waals surface area contributed by atoms with Gasteiger partial charge < -0.3 is 10.2 Å². The van der Waals surface area contributed by atoms with Gasteiger partial charge in [0, 0.05) is 36.3 Å². The van der Waals surface area contributed by atoms with Crippen LogP contribution in [0.4, 0.5) is 11.4 Å². The van der Waals surface area contributed by atoms with Crippen LogP contribution in [-0.2, 0) is 9.59 Å². The second-order valence-electron chi connectivity index (χ2n) is 5.77. The normalized spacial score (nSPS) is 10.3. The van der Waals surface area contributed by atoms with Gasteiger partial charge in [-0.3, -0.25) is 9.59 Å². The number of amides is 2. The Bertz CT molecular complexity index is 759. The molecule has 2 rings (SSSR count). The standard InChI is InChI=1S/C19H21ClN2O2/c1-13-5-4-6-17(11-13)21-19(24)9-10-22(15(3)23)18-12-16(20)8-7-14(18)2/h4-8,11-12H,9-10H2,1-3H3,(H,21,24). The predicted octanol–water partition coefficient (Wildman–Crippen LogP) is 4.34. The van der Waals surface area contributed by atoms with Crippen molar-refractivity contribution in [2.75, 3.05) is 16.8 Å². The van der Waals surface area contributed by atoms with Crippen molar-refractivity contribution in [2.45, 2.75) is 27.2 Å². The summed E-state index contributed by atoms with van der Waals surface area (Å²) in [7, 11) is 0. The fraction of sp³-hybridized carbons (Fsp3) is 0.263. The molecule has 0 saturated heterocycles. The maximum absolute atomic E-state index is 12.2. The lowest BCUT2D eigenvalue weighted by Crippen LogP contribution is -2.32. The van der Waals surface area contributed by atoms with Crippen LogP contribution in [0.1, 0.15) is 24.5 Å². The van der Waals surface area contributed by atoms with Crippen LogP contribution < -0.4 is 10.2 Å². The lowest BCUT2D eigenvalue weighted by Gasteiger charge is -2.23. The third-order valence-corrected chi connectivity index (χ3v) is 3.94. The van der Waals surface area contributed by atoms with Crippen molar-refractivity contribution in [3.8, 4) is 0 Å². The van der Waals surface area contributed by atoms with Crippen LogP contribution in [0.2, 0.25) is 5.02 Å². The Balaban J connectivity index is 2.05. The summed E-state index contributed by atoms with van der Waals surface area (Å²) < 4.78 is 0. The van der Waals surface area contributed by atoms with Gasteiger partial charge in [0.05, 0.1) is 0 Å². The van der Waals surface area contributed by atoms with Gasteiger partial charge >= 0.3 is 0 Å². The van der Waals surface area contributed by atoms with Crippen LogP contribution in [0.25, 0.3) is 0 Å². The monoisotopic (exact) mass is 344 g/mol. The average Bonchev–Trinajstić information content (AvgIpc) is 2.50. The zero-order valence-corrected chi connectivity index (χ0v) is 14.9. The van der Waals surface area contributed by atoms with E-state index in [1.807, 2.05) is 44.2 Å². The third kappa shape index (κ3) is 4.83. The molecule has 0 unspecified atom stereocenters. The minimum Gasteiger partial charge on any atom is -0.326 e. The number of carbonyl (C=O) groups is 2. The molecular weight excluding hydrogens is 324 g/mol. The van der Waals surface area contributed by atoms with Gasteiger partial charge in [0.15, 0.2) is 0 Å². The summed E-state index contributed by atoms with van der Waals surface area (Å²) in [4.78, 5) is 25.7. The van der Waals surface area contributed by atoms with Gasteiger partial charge in [-0.2, -0.15) is 0 Å². The fourth-order valence-electron chi connectivity index (χ4n) is 2.48. The molecule has 0 heterocycles. The molecule has 0 radical (unpaired) electrons. The van der Waals surface area contributed by atoms with E-state index in [4.69, 9.17) is 11.6 Å². The highest BCUT2D eigenvalue weighted by atomic mass is 35.5. The molecule has 0 fully saturated rings. The number of rotatable bonds is 5. The Morgan fingerprint density at radius 2 is 1.88 bits per heavy atom. The molecule has 0 saturated carbocycles. The number of nitrogens with one attached hydrogen (secondary N) is 1. The van der Waals surface area contributed by atoms with E-state index in [0.29, 0.717) is 11.6 Å². The molecule has 5 heteroatoms. The van der Waals surface area contributed by atoms with E-state index in [0.717, 1.165) is 22.5 Å². The number of halogens is 1. The molecule has 2 amide bonds. The Morgan fingerprint density at radius 1 is 1.12 bits per heavy atom. The van der Waals surface area contributed by atoms with E-state index in [-0.39, 0.29) is 18.2 Å². The van der Waals surface area contributed by atoms with Gasteiger partial charge in [0.2, 0.25) is 11.8 Å². The summed E-state index contributed by atoms with van der Waals surface area (Å²) in [6.07, 6.45) is 0.208. The van der Waals surface area contributed by atoms with Crippen molar-refractivity contribution in [3.63, 3.8) is 0 Å². The molecule has 24 heavy (non-hydrogen) atoms. The fourth-order valence-corrected chi connectivity index (χ4v) is 2.65. The molecule has 4 nitrogen and oxygen atoms in total. The molecule has 0 aliphatic rings. The highest BCUT2D eigenvalue weighted by Gasteiger charge is 2.16. The van der Waals surface area contributed by atoms with Crippen molar-refractivity contribution >= 4 is 34.8 Å². The molecule has 0 spiro atoms. The summed E-state index contributed by atoms with van der Waals surface area (Å²) >= 11 is 6.03.